The molecule has 24 nitrogen and oxygen atoms in total. The summed E-state index contributed by atoms with van der Waals surface area (Å²) in [7, 11) is 10.1. The topological polar surface area (TPSA) is 277 Å². The maximum absolute atomic E-state index is 15.7. The van der Waals surface area contributed by atoms with Crippen molar-refractivity contribution in [3.8, 4) is 5.75 Å². The summed E-state index contributed by atoms with van der Waals surface area (Å²) in [6, 6.07) is -1.29. The first-order valence-electron chi connectivity index (χ1n) is 35.1. The number of hydrogen-bond acceptors (Lipinski definition) is 14. The van der Waals surface area contributed by atoms with Crippen molar-refractivity contribution in [2.24, 2.45) is 41.4 Å². The molecule has 13 atom stereocenters. The van der Waals surface area contributed by atoms with Crippen LogP contribution in [0.4, 0.5) is 4.39 Å². The van der Waals surface area contributed by atoms with Gasteiger partial charge in [-0.2, -0.15) is 0 Å². The highest BCUT2D eigenvalue weighted by Gasteiger charge is 2.49. The van der Waals surface area contributed by atoms with E-state index < -0.39 is 161 Å². The van der Waals surface area contributed by atoms with Crippen LogP contribution in [0.5, 0.6) is 5.75 Å². The Hall–Kier alpha value is -7.06. The zero-order valence-electron chi connectivity index (χ0n) is 63.3. The predicted molar refractivity (Wildman–Crippen MR) is 384 cm³/mol. The Morgan fingerprint density at radius 3 is 1.55 bits per heavy atom. The lowest BCUT2D eigenvalue weighted by Gasteiger charge is -2.41. The molecule has 4 rings (SSSR count). The third-order valence-electron chi connectivity index (χ3n) is 18.6. The molecule has 2 aliphatic heterocycles. The molecule has 2 fully saturated rings. The van der Waals surface area contributed by atoms with Gasteiger partial charge in [0.05, 0.1) is 12.6 Å². The molecule has 11 amide bonds. The number of amides is 11. The van der Waals surface area contributed by atoms with Crippen molar-refractivity contribution >= 4 is 88.3 Å². The molecule has 2 aromatic rings. The van der Waals surface area contributed by atoms with E-state index in [2.05, 4.69) is 21.3 Å². The van der Waals surface area contributed by atoms with E-state index in [1.165, 1.54) is 116 Å². The van der Waals surface area contributed by atoms with Gasteiger partial charge in [-0.3, -0.25) is 52.7 Å². The zero-order valence-corrected chi connectivity index (χ0v) is 64.8. The third kappa shape index (κ3) is 23.2. The van der Waals surface area contributed by atoms with Gasteiger partial charge in [0.15, 0.2) is 0 Å². The highest BCUT2D eigenvalue weighted by Crippen LogP contribution is 2.41. The number of ether oxygens (including phenoxy) is 2. The quantitative estimate of drug-likeness (QED) is 0.122. The SMILES string of the molecule is CC[C@@H]1NC(=O)[C@H]([C@@H]2O[C@@H](Sc3cc(Cl)cc(OCc4ccc(F)cc4)c3)C[C@H]2C)N(C)C(=O)[C@H](C(C)C)N(C)C(=O)[C@H](CC(C)C)N(C)C(=O)[C@H](CC(C)C)N(C)C(=O)[C@@H](C)NC(=O)[C@H](C)NC(=O)[C@H](CC(C)C)N(C)C(=O)[C@H](C(C)C)NC(=O)[C@H](CC(C)C)N(C)C(=O)CN(C)C1=O. The number of halogens is 2. The first-order chi connectivity index (χ1) is 46.5. The molecule has 0 aliphatic carbocycles. The van der Waals surface area contributed by atoms with E-state index in [1.807, 2.05) is 62.3 Å². The van der Waals surface area contributed by atoms with E-state index in [1.54, 1.807) is 65.0 Å². The molecule has 0 aromatic heterocycles. The van der Waals surface area contributed by atoms with Crippen molar-refractivity contribution in [2.45, 2.75) is 233 Å². The lowest BCUT2D eigenvalue weighted by molar-refractivity contribution is -0.157. The lowest BCUT2D eigenvalue weighted by Crippen LogP contribution is -2.63. The highest BCUT2D eigenvalue weighted by molar-refractivity contribution is 7.99. The summed E-state index contributed by atoms with van der Waals surface area (Å²) < 4.78 is 26.6. The van der Waals surface area contributed by atoms with Gasteiger partial charge in [-0.1, -0.05) is 132 Å². The molecule has 2 heterocycles. The van der Waals surface area contributed by atoms with Crippen LogP contribution in [0.3, 0.4) is 0 Å². The standard InChI is InChI=1S/C73H115ClFN11O13S/c1-24-53-69(93)80(17)37-58(87)81(18)54(29-39(2)3)66(90)79-60(43(10)11)72(96)82(19)55(30-40(4)5)65(89)76-46(15)64(88)77-47(16)68(92)83(20)56(31-41(6)7)70(94)84(21)57(32-42(8)9)71(95)85(22)61(44(12)13)73(97)86(23)62(67(91)78-53)63-45(14)33-59(99-63)100-52-35-49(74)34-51(36-52)98-38-48-25-27-50(75)28-26-48/h25-28,34-36,39-47,53-57,59-63H,24,29-33,37-38H2,1-23H3,(H,76,89)(H,77,88)(H,78,91)(H,79,90)/t45-,46+,47-,53+,54+,55+,56+,57+,59+,60+,61+,62+,63-/m1/s1. The molecule has 4 N–H and O–H groups in total. The van der Waals surface area contributed by atoms with Gasteiger partial charge in [-0.25, -0.2) is 4.39 Å². The van der Waals surface area contributed by atoms with Crippen LogP contribution in [-0.4, -0.2) is 227 Å². The molecule has 0 radical (unpaired) electrons. The fourth-order valence-electron chi connectivity index (χ4n) is 12.7. The van der Waals surface area contributed by atoms with Crippen LogP contribution >= 0.6 is 23.4 Å². The van der Waals surface area contributed by atoms with Crippen LogP contribution in [0, 0.1) is 47.2 Å². The Bertz CT molecular complexity index is 3180. The van der Waals surface area contributed by atoms with Gasteiger partial charge < -0.3 is 65.0 Å². The van der Waals surface area contributed by atoms with Crippen molar-refractivity contribution in [3.63, 3.8) is 0 Å². The summed E-state index contributed by atoms with van der Waals surface area (Å²) in [6.45, 7) is 27.9. The number of nitrogens with zero attached hydrogens (tertiary/aromatic N) is 7. The first-order valence-corrected chi connectivity index (χ1v) is 36.3. The van der Waals surface area contributed by atoms with Gasteiger partial charge in [0.25, 0.3) is 0 Å². The molecule has 27 heteroatoms. The van der Waals surface area contributed by atoms with E-state index in [0.717, 1.165) is 10.5 Å². The minimum Gasteiger partial charge on any atom is -0.489 e. The number of benzene rings is 2. The van der Waals surface area contributed by atoms with E-state index in [9.17, 15) is 38.0 Å². The number of carbonyl (C=O) groups is 11. The summed E-state index contributed by atoms with van der Waals surface area (Å²) in [5, 5.41) is 11.5. The van der Waals surface area contributed by atoms with Crippen LogP contribution in [0.2, 0.25) is 5.02 Å². The third-order valence-corrected chi connectivity index (χ3v) is 19.9. The molecule has 2 aromatic carbocycles. The van der Waals surface area contributed by atoms with Gasteiger partial charge in [0.1, 0.15) is 84.0 Å². The number of carbonyl (C=O) groups excluding carboxylic acids is 11. The molecule has 560 valence electrons. The Morgan fingerprint density at radius 2 is 1.03 bits per heavy atom. The van der Waals surface area contributed by atoms with Crippen LogP contribution in [-0.2, 0) is 64.1 Å². The minimum atomic E-state index is -1.46. The predicted octanol–water partition coefficient (Wildman–Crippen LogP) is 7.22. The van der Waals surface area contributed by atoms with E-state index in [-0.39, 0.29) is 68.2 Å². The monoisotopic (exact) mass is 1440 g/mol. The Labute approximate surface area is 602 Å². The van der Waals surface area contributed by atoms with Crippen molar-refractivity contribution in [2.75, 3.05) is 55.9 Å². The van der Waals surface area contributed by atoms with Crippen LogP contribution < -0.4 is 26.0 Å². The van der Waals surface area contributed by atoms with E-state index >= 15 is 19.2 Å². The summed E-state index contributed by atoms with van der Waals surface area (Å²) >= 11 is 7.96. The second-order valence-corrected chi connectivity index (χ2v) is 31.4. The lowest BCUT2D eigenvalue weighted by atomic mass is 9.93. The number of thioether (sulfide) groups is 1. The number of rotatable bonds is 17. The molecule has 2 aliphatic rings. The largest absolute Gasteiger partial charge is 0.489 e. The minimum absolute atomic E-state index is 0.0186. The van der Waals surface area contributed by atoms with Gasteiger partial charge in [0.2, 0.25) is 65.0 Å². The van der Waals surface area contributed by atoms with Gasteiger partial charge in [-0.15, -0.1) is 0 Å². The molecule has 0 unspecified atom stereocenters. The Kier molecular flexibility index (Phi) is 32.7. The highest BCUT2D eigenvalue weighted by atomic mass is 35.5. The van der Waals surface area contributed by atoms with Crippen molar-refractivity contribution < 1.29 is 66.6 Å². The second kappa shape index (κ2) is 38.3. The smallest absolute Gasteiger partial charge is 0.246 e. The van der Waals surface area contributed by atoms with Crippen LogP contribution in [0.1, 0.15) is 155 Å². The molecule has 0 saturated carbocycles. The van der Waals surface area contributed by atoms with Gasteiger partial charge in [-0.05, 0) is 130 Å². The van der Waals surface area contributed by atoms with Crippen molar-refractivity contribution in [3.05, 3.63) is 58.9 Å². The van der Waals surface area contributed by atoms with Gasteiger partial charge >= 0.3 is 0 Å². The molecule has 0 bridgehead atoms. The normalized spacial score (nSPS) is 26.9. The summed E-state index contributed by atoms with van der Waals surface area (Å²) in [4.78, 5) is 173. The average molecular weight is 1440 g/mol. The number of nitrogens with one attached hydrogen (secondary N) is 4. The molecular formula is C73H115ClFN11O13S. The molecule has 100 heavy (non-hydrogen) atoms. The van der Waals surface area contributed by atoms with E-state index in [0.29, 0.717) is 22.1 Å². The maximum atomic E-state index is 15.7. The number of hydrogen-bond donors (Lipinski definition) is 4. The Balaban J connectivity index is 1.90. The molecular weight excluding hydrogens is 1330 g/mol. The summed E-state index contributed by atoms with van der Waals surface area (Å²) in [6.07, 6.45) is -0.0878. The van der Waals surface area contributed by atoms with Gasteiger partial charge in [0, 0.05) is 59.3 Å². The second-order valence-electron chi connectivity index (χ2n) is 29.7. The Morgan fingerprint density at radius 1 is 0.540 bits per heavy atom. The molecule has 0 spiro atoms. The fourth-order valence-corrected chi connectivity index (χ4v) is 14.3. The first kappa shape index (κ1) is 85.4. The van der Waals surface area contributed by atoms with Crippen molar-refractivity contribution in [1.29, 1.82) is 0 Å². The fraction of sp³-hybridized carbons (Fsp3) is 0.685. The average Bonchev–Trinajstić information content (AvgIpc) is 1.46. The summed E-state index contributed by atoms with van der Waals surface area (Å²) in [5.74, 6) is -9.49. The summed E-state index contributed by atoms with van der Waals surface area (Å²) in [5.41, 5.74) is 0.0947. The molecule has 2 saturated heterocycles. The number of likely N-dealkylation sites (N-methyl/N-ethyl adjacent to an activating group) is 7. The van der Waals surface area contributed by atoms with Crippen LogP contribution in [0.15, 0.2) is 47.4 Å². The van der Waals surface area contributed by atoms with Crippen LogP contribution in [0.25, 0.3) is 0 Å². The maximum Gasteiger partial charge on any atom is 0.246 e. The zero-order chi connectivity index (χ0) is 75.8. The van der Waals surface area contributed by atoms with Crippen molar-refractivity contribution in [1.82, 2.24) is 55.6 Å². The van der Waals surface area contributed by atoms with E-state index in [4.69, 9.17) is 21.1 Å².